The Morgan fingerprint density at radius 1 is 1.60 bits per heavy atom. The first-order valence-corrected chi connectivity index (χ1v) is 5.33. The lowest BCUT2D eigenvalue weighted by Crippen LogP contribution is -2.42. The zero-order chi connectivity index (χ0) is 11.4. The number of likely N-dealkylation sites (tertiary alicyclic amines) is 1. The summed E-state index contributed by atoms with van der Waals surface area (Å²) >= 11 is 0. The highest BCUT2D eigenvalue weighted by Crippen LogP contribution is 2.17. The van der Waals surface area contributed by atoms with Gasteiger partial charge in [-0.15, -0.1) is 0 Å². The number of hydrogen-bond donors (Lipinski definition) is 0. The number of rotatable bonds is 4. The minimum absolute atomic E-state index is 0.252. The van der Waals surface area contributed by atoms with Gasteiger partial charge in [-0.1, -0.05) is 6.92 Å². The Bertz CT molecular complexity index is 223. The molecular weight excluding hydrogens is 202 g/mol. The van der Waals surface area contributed by atoms with Crippen LogP contribution in [0.4, 0.5) is 8.78 Å². The number of halogens is 2. The quantitative estimate of drug-likeness (QED) is 0.710. The summed E-state index contributed by atoms with van der Waals surface area (Å²) in [4.78, 5) is 14.4. The molecule has 1 fully saturated rings. The number of carbonyl (C=O) groups excluding carboxylic acids is 1. The van der Waals surface area contributed by atoms with Gasteiger partial charge >= 0.3 is 6.43 Å². The van der Waals surface area contributed by atoms with Gasteiger partial charge in [0.15, 0.2) is 0 Å². The van der Waals surface area contributed by atoms with E-state index < -0.39 is 12.3 Å². The van der Waals surface area contributed by atoms with Gasteiger partial charge in [-0.2, -0.15) is 8.78 Å². The van der Waals surface area contributed by atoms with Gasteiger partial charge in [0.2, 0.25) is 0 Å². The molecule has 5 heteroatoms. The van der Waals surface area contributed by atoms with Crippen molar-refractivity contribution in [3.63, 3.8) is 0 Å². The summed E-state index contributed by atoms with van der Waals surface area (Å²) in [5, 5.41) is 0. The standard InChI is InChI=1S/C10H18F2N2O/c1-3-14-6-4-5-8(14)7-13(2)10(15)9(11)12/h8-9H,3-7H2,1-2H3. The van der Waals surface area contributed by atoms with Crippen LogP contribution in [0, 0.1) is 0 Å². The van der Waals surface area contributed by atoms with E-state index >= 15 is 0 Å². The number of likely N-dealkylation sites (N-methyl/N-ethyl adjacent to an activating group) is 2. The van der Waals surface area contributed by atoms with Gasteiger partial charge in [0.25, 0.3) is 5.91 Å². The summed E-state index contributed by atoms with van der Waals surface area (Å²) in [7, 11) is 1.45. The fraction of sp³-hybridized carbons (Fsp3) is 0.900. The van der Waals surface area contributed by atoms with Crippen molar-refractivity contribution in [2.45, 2.75) is 32.2 Å². The summed E-state index contributed by atoms with van der Waals surface area (Å²) < 4.78 is 24.3. The Hall–Kier alpha value is -0.710. The number of carbonyl (C=O) groups is 1. The molecule has 1 atom stereocenters. The van der Waals surface area contributed by atoms with Crippen molar-refractivity contribution in [2.75, 3.05) is 26.7 Å². The van der Waals surface area contributed by atoms with E-state index in [1.165, 1.54) is 7.05 Å². The molecule has 1 amide bonds. The van der Waals surface area contributed by atoms with E-state index in [4.69, 9.17) is 0 Å². The first-order valence-electron chi connectivity index (χ1n) is 5.33. The Labute approximate surface area is 89.0 Å². The minimum Gasteiger partial charge on any atom is -0.339 e. The average Bonchev–Trinajstić information content (AvgIpc) is 2.63. The molecule has 1 unspecified atom stereocenters. The molecule has 1 aliphatic rings. The second-order valence-electron chi connectivity index (χ2n) is 3.94. The molecule has 1 heterocycles. The molecule has 0 spiro atoms. The lowest BCUT2D eigenvalue weighted by molar-refractivity contribution is -0.142. The first-order chi connectivity index (χ1) is 7.06. The van der Waals surface area contributed by atoms with Crippen molar-refractivity contribution in [3.05, 3.63) is 0 Å². The summed E-state index contributed by atoms with van der Waals surface area (Å²) in [5.74, 6) is -1.07. The van der Waals surface area contributed by atoms with E-state index in [9.17, 15) is 13.6 Å². The van der Waals surface area contributed by atoms with Gasteiger partial charge in [0, 0.05) is 19.6 Å². The lowest BCUT2D eigenvalue weighted by atomic mass is 10.2. The molecule has 0 aliphatic carbocycles. The summed E-state index contributed by atoms with van der Waals surface area (Å²) in [6, 6.07) is 0.252. The number of nitrogens with zero attached hydrogens (tertiary/aromatic N) is 2. The van der Waals surface area contributed by atoms with Crippen LogP contribution in [-0.2, 0) is 4.79 Å². The molecule has 0 bridgehead atoms. The van der Waals surface area contributed by atoms with Crippen molar-refractivity contribution >= 4 is 5.91 Å². The van der Waals surface area contributed by atoms with Crippen molar-refractivity contribution < 1.29 is 13.6 Å². The van der Waals surface area contributed by atoms with E-state index in [-0.39, 0.29) is 6.04 Å². The van der Waals surface area contributed by atoms with Gasteiger partial charge in [0.1, 0.15) is 0 Å². The molecule has 88 valence electrons. The second kappa shape index (κ2) is 5.39. The smallest absolute Gasteiger partial charge is 0.315 e. The molecular formula is C10H18F2N2O. The molecule has 1 saturated heterocycles. The maximum atomic E-state index is 12.1. The van der Waals surface area contributed by atoms with Gasteiger partial charge < -0.3 is 4.90 Å². The van der Waals surface area contributed by atoms with Crippen LogP contribution in [0.2, 0.25) is 0 Å². The van der Waals surface area contributed by atoms with Crippen LogP contribution in [0.25, 0.3) is 0 Å². The Balaban J connectivity index is 2.43. The topological polar surface area (TPSA) is 23.6 Å². The Morgan fingerprint density at radius 3 is 2.80 bits per heavy atom. The highest BCUT2D eigenvalue weighted by molar-refractivity contribution is 5.79. The fourth-order valence-corrected chi connectivity index (χ4v) is 2.09. The largest absolute Gasteiger partial charge is 0.339 e. The highest BCUT2D eigenvalue weighted by atomic mass is 19.3. The van der Waals surface area contributed by atoms with E-state index in [1.807, 2.05) is 6.92 Å². The highest BCUT2D eigenvalue weighted by Gasteiger charge is 2.28. The maximum absolute atomic E-state index is 12.1. The lowest BCUT2D eigenvalue weighted by Gasteiger charge is -2.27. The fourth-order valence-electron chi connectivity index (χ4n) is 2.09. The van der Waals surface area contributed by atoms with Gasteiger partial charge in [-0.25, -0.2) is 0 Å². The SMILES string of the molecule is CCN1CCCC1CN(C)C(=O)C(F)F. The zero-order valence-corrected chi connectivity index (χ0v) is 9.25. The van der Waals surface area contributed by atoms with Crippen LogP contribution in [-0.4, -0.2) is 54.9 Å². The Kier molecular flexibility index (Phi) is 4.45. The van der Waals surface area contributed by atoms with Crippen LogP contribution in [0.3, 0.4) is 0 Å². The van der Waals surface area contributed by atoms with Crippen molar-refractivity contribution in [3.8, 4) is 0 Å². The molecule has 0 N–H and O–H groups in total. The minimum atomic E-state index is -2.88. The van der Waals surface area contributed by atoms with E-state index in [1.54, 1.807) is 0 Å². The van der Waals surface area contributed by atoms with Gasteiger partial charge in [-0.05, 0) is 25.9 Å². The second-order valence-corrected chi connectivity index (χ2v) is 3.94. The monoisotopic (exact) mass is 220 g/mol. The molecule has 0 aromatic carbocycles. The number of amides is 1. The number of alkyl halides is 2. The van der Waals surface area contributed by atoms with Crippen LogP contribution < -0.4 is 0 Å². The van der Waals surface area contributed by atoms with Crippen LogP contribution in [0.1, 0.15) is 19.8 Å². The summed E-state index contributed by atoms with van der Waals surface area (Å²) in [5.41, 5.74) is 0. The van der Waals surface area contributed by atoms with E-state index in [2.05, 4.69) is 4.90 Å². The maximum Gasteiger partial charge on any atom is 0.315 e. The zero-order valence-electron chi connectivity index (χ0n) is 9.25. The third-order valence-corrected chi connectivity index (χ3v) is 2.95. The molecule has 0 aromatic rings. The molecule has 15 heavy (non-hydrogen) atoms. The third-order valence-electron chi connectivity index (χ3n) is 2.95. The molecule has 3 nitrogen and oxygen atoms in total. The van der Waals surface area contributed by atoms with E-state index in [0.717, 1.165) is 30.8 Å². The molecule has 0 aromatic heterocycles. The van der Waals surface area contributed by atoms with Gasteiger partial charge in [-0.3, -0.25) is 9.69 Å². The normalized spacial score (nSPS) is 22.3. The Morgan fingerprint density at radius 2 is 2.27 bits per heavy atom. The summed E-state index contributed by atoms with van der Waals surface area (Å²) in [6.45, 7) is 4.39. The van der Waals surface area contributed by atoms with Crippen molar-refractivity contribution in [2.24, 2.45) is 0 Å². The van der Waals surface area contributed by atoms with E-state index in [0.29, 0.717) is 6.54 Å². The van der Waals surface area contributed by atoms with Crippen molar-refractivity contribution in [1.82, 2.24) is 9.80 Å². The third kappa shape index (κ3) is 3.12. The van der Waals surface area contributed by atoms with Crippen LogP contribution >= 0.6 is 0 Å². The molecule has 1 rings (SSSR count). The summed E-state index contributed by atoms with van der Waals surface area (Å²) in [6.07, 6.45) is -0.796. The van der Waals surface area contributed by atoms with Crippen molar-refractivity contribution in [1.29, 1.82) is 0 Å². The first kappa shape index (κ1) is 12.4. The predicted molar refractivity (Wildman–Crippen MR) is 53.9 cm³/mol. The molecule has 0 radical (unpaired) electrons. The van der Waals surface area contributed by atoms with Gasteiger partial charge in [0.05, 0.1) is 0 Å². The van der Waals surface area contributed by atoms with Crippen LogP contribution in [0.15, 0.2) is 0 Å². The van der Waals surface area contributed by atoms with Crippen LogP contribution in [0.5, 0.6) is 0 Å². The molecule has 0 saturated carbocycles. The number of hydrogen-bond acceptors (Lipinski definition) is 2. The molecule has 1 aliphatic heterocycles. The average molecular weight is 220 g/mol. The predicted octanol–water partition coefficient (Wildman–Crippen LogP) is 1.19.